The quantitative estimate of drug-likeness (QED) is 0.782. The van der Waals surface area contributed by atoms with Gasteiger partial charge in [-0.3, -0.25) is 4.90 Å². The average molecular weight is 235 g/mol. The lowest BCUT2D eigenvalue weighted by molar-refractivity contribution is 0.0542. The van der Waals surface area contributed by atoms with Gasteiger partial charge in [0.2, 0.25) is 0 Å². The van der Waals surface area contributed by atoms with Gasteiger partial charge in [0.1, 0.15) is 0 Å². The third-order valence-corrected chi connectivity index (χ3v) is 3.31. The lowest BCUT2D eigenvalue weighted by Gasteiger charge is -2.26. The van der Waals surface area contributed by atoms with Crippen molar-refractivity contribution in [3.63, 3.8) is 0 Å². The molecular formula is C14H21NO2. The Morgan fingerprint density at radius 2 is 2.06 bits per heavy atom. The Bertz CT molecular complexity index is 324. The summed E-state index contributed by atoms with van der Waals surface area (Å²) in [5.41, 5.74) is 1.21. The summed E-state index contributed by atoms with van der Waals surface area (Å²) in [7, 11) is 1.75. The standard InChI is InChI=1S/C14H21NO2/c1-17-14(12-5-3-2-4-6-12)11-15(9-10-16)13-7-8-13/h2-6,13-14,16H,7-11H2,1H3/t14-/m0/s1. The monoisotopic (exact) mass is 235 g/mol. The van der Waals surface area contributed by atoms with Crippen LogP contribution in [0.5, 0.6) is 0 Å². The van der Waals surface area contributed by atoms with Gasteiger partial charge in [0.25, 0.3) is 0 Å². The molecule has 3 nitrogen and oxygen atoms in total. The van der Waals surface area contributed by atoms with Gasteiger partial charge in [-0.25, -0.2) is 0 Å². The lowest BCUT2D eigenvalue weighted by Crippen LogP contribution is -2.33. The highest BCUT2D eigenvalue weighted by Crippen LogP contribution is 2.29. The molecule has 0 heterocycles. The predicted octanol–water partition coefficient (Wildman–Crippen LogP) is 1.83. The highest BCUT2D eigenvalue weighted by Gasteiger charge is 2.30. The van der Waals surface area contributed by atoms with Gasteiger partial charge < -0.3 is 9.84 Å². The van der Waals surface area contributed by atoms with Crippen LogP contribution in [0.15, 0.2) is 30.3 Å². The van der Waals surface area contributed by atoms with E-state index in [2.05, 4.69) is 17.0 Å². The second-order valence-electron chi connectivity index (χ2n) is 4.58. The zero-order valence-corrected chi connectivity index (χ0v) is 10.4. The number of ether oxygens (including phenoxy) is 1. The Hall–Kier alpha value is -0.900. The molecule has 0 aliphatic heterocycles. The van der Waals surface area contributed by atoms with Gasteiger partial charge >= 0.3 is 0 Å². The van der Waals surface area contributed by atoms with Crippen LogP contribution >= 0.6 is 0 Å². The van der Waals surface area contributed by atoms with Crippen LogP contribution in [0.2, 0.25) is 0 Å². The maximum absolute atomic E-state index is 9.09. The van der Waals surface area contributed by atoms with Crippen LogP contribution in [0.3, 0.4) is 0 Å². The van der Waals surface area contributed by atoms with Crippen molar-refractivity contribution in [2.45, 2.75) is 25.0 Å². The van der Waals surface area contributed by atoms with E-state index in [0.717, 1.165) is 13.1 Å². The molecule has 1 aliphatic carbocycles. The largest absolute Gasteiger partial charge is 0.395 e. The molecule has 0 amide bonds. The van der Waals surface area contributed by atoms with Gasteiger partial charge in [0.05, 0.1) is 12.7 Å². The van der Waals surface area contributed by atoms with Crippen LogP contribution in [-0.4, -0.2) is 42.9 Å². The Morgan fingerprint density at radius 3 is 2.59 bits per heavy atom. The number of aliphatic hydroxyl groups is 1. The van der Waals surface area contributed by atoms with Crippen LogP contribution in [0.1, 0.15) is 24.5 Å². The van der Waals surface area contributed by atoms with Crippen molar-refractivity contribution < 1.29 is 9.84 Å². The maximum atomic E-state index is 9.09. The summed E-state index contributed by atoms with van der Waals surface area (Å²) >= 11 is 0. The Labute approximate surface area is 103 Å². The predicted molar refractivity (Wildman–Crippen MR) is 67.9 cm³/mol. The smallest absolute Gasteiger partial charge is 0.0948 e. The zero-order valence-electron chi connectivity index (χ0n) is 10.4. The van der Waals surface area contributed by atoms with E-state index in [1.165, 1.54) is 18.4 Å². The maximum Gasteiger partial charge on any atom is 0.0948 e. The first kappa shape index (κ1) is 12.6. The third kappa shape index (κ3) is 3.53. The minimum absolute atomic E-state index is 0.100. The van der Waals surface area contributed by atoms with Crippen LogP contribution in [0.25, 0.3) is 0 Å². The van der Waals surface area contributed by atoms with Gasteiger partial charge in [-0.15, -0.1) is 0 Å². The summed E-state index contributed by atoms with van der Waals surface area (Å²) in [6.45, 7) is 1.84. The van der Waals surface area contributed by atoms with Crippen LogP contribution in [0, 0.1) is 0 Å². The van der Waals surface area contributed by atoms with Gasteiger partial charge in [-0.1, -0.05) is 30.3 Å². The second kappa shape index (κ2) is 6.15. The van der Waals surface area contributed by atoms with E-state index in [9.17, 15) is 0 Å². The molecule has 17 heavy (non-hydrogen) atoms. The number of benzene rings is 1. The van der Waals surface area contributed by atoms with Gasteiger partial charge in [-0.05, 0) is 18.4 Å². The van der Waals surface area contributed by atoms with Crippen LogP contribution in [-0.2, 0) is 4.74 Å². The molecule has 1 fully saturated rings. The molecule has 0 radical (unpaired) electrons. The van der Waals surface area contributed by atoms with E-state index in [1.54, 1.807) is 7.11 Å². The number of rotatable bonds is 7. The molecular weight excluding hydrogens is 214 g/mol. The van der Waals surface area contributed by atoms with Crippen molar-refractivity contribution in [1.29, 1.82) is 0 Å². The summed E-state index contributed by atoms with van der Waals surface area (Å²) in [5, 5.41) is 9.09. The van der Waals surface area contributed by atoms with E-state index in [-0.39, 0.29) is 12.7 Å². The first-order valence-corrected chi connectivity index (χ1v) is 6.27. The molecule has 1 atom stereocenters. The fourth-order valence-electron chi connectivity index (χ4n) is 2.19. The van der Waals surface area contributed by atoms with Crippen LogP contribution < -0.4 is 0 Å². The number of methoxy groups -OCH3 is 1. The number of nitrogens with zero attached hydrogens (tertiary/aromatic N) is 1. The number of hydrogen-bond donors (Lipinski definition) is 1. The lowest BCUT2D eigenvalue weighted by atomic mass is 10.1. The van der Waals surface area contributed by atoms with E-state index in [4.69, 9.17) is 9.84 Å². The van der Waals surface area contributed by atoms with E-state index < -0.39 is 0 Å². The molecule has 0 unspecified atom stereocenters. The topological polar surface area (TPSA) is 32.7 Å². The normalized spacial score (nSPS) is 17.4. The molecule has 0 bridgehead atoms. The molecule has 1 aromatic rings. The minimum atomic E-state index is 0.100. The number of hydrogen-bond acceptors (Lipinski definition) is 3. The van der Waals surface area contributed by atoms with Gasteiger partial charge in [0, 0.05) is 26.2 Å². The van der Waals surface area contributed by atoms with Crippen molar-refractivity contribution in [1.82, 2.24) is 4.90 Å². The second-order valence-corrected chi connectivity index (χ2v) is 4.58. The van der Waals surface area contributed by atoms with Crippen molar-refractivity contribution in [3.05, 3.63) is 35.9 Å². The van der Waals surface area contributed by atoms with Crippen LogP contribution in [0.4, 0.5) is 0 Å². The highest BCUT2D eigenvalue weighted by molar-refractivity contribution is 5.18. The fourth-order valence-corrected chi connectivity index (χ4v) is 2.19. The Kier molecular flexibility index (Phi) is 4.54. The van der Waals surface area contributed by atoms with Crippen molar-refractivity contribution >= 4 is 0 Å². The fraction of sp³-hybridized carbons (Fsp3) is 0.571. The summed E-state index contributed by atoms with van der Waals surface area (Å²) in [5.74, 6) is 0. The Morgan fingerprint density at radius 1 is 1.35 bits per heavy atom. The average Bonchev–Trinajstić information content (AvgIpc) is 3.20. The van der Waals surface area contributed by atoms with Gasteiger partial charge in [-0.2, -0.15) is 0 Å². The summed E-state index contributed by atoms with van der Waals surface area (Å²) in [6.07, 6.45) is 2.61. The summed E-state index contributed by atoms with van der Waals surface area (Å²) in [6, 6.07) is 10.9. The molecule has 0 aromatic heterocycles. The number of aliphatic hydroxyl groups excluding tert-OH is 1. The van der Waals surface area contributed by atoms with E-state index >= 15 is 0 Å². The van der Waals surface area contributed by atoms with E-state index in [0.29, 0.717) is 6.04 Å². The first-order valence-electron chi connectivity index (χ1n) is 6.27. The Balaban J connectivity index is 1.98. The molecule has 3 heteroatoms. The van der Waals surface area contributed by atoms with Crippen molar-refractivity contribution in [2.75, 3.05) is 26.8 Å². The van der Waals surface area contributed by atoms with E-state index in [1.807, 2.05) is 18.2 Å². The van der Waals surface area contributed by atoms with Crippen molar-refractivity contribution in [2.24, 2.45) is 0 Å². The molecule has 1 N–H and O–H groups in total. The van der Waals surface area contributed by atoms with Gasteiger partial charge in [0.15, 0.2) is 0 Å². The molecule has 94 valence electrons. The molecule has 0 saturated heterocycles. The van der Waals surface area contributed by atoms with Crippen molar-refractivity contribution in [3.8, 4) is 0 Å². The molecule has 1 aromatic carbocycles. The first-order chi connectivity index (χ1) is 8.35. The molecule has 0 spiro atoms. The summed E-state index contributed by atoms with van der Waals surface area (Å²) in [4.78, 5) is 2.33. The molecule has 2 rings (SSSR count). The molecule has 1 saturated carbocycles. The zero-order chi connectivity index (χ0) is 12.1. The third-order valence-electron chi connectivity index (χ3n) is 3.31. The summed E-state index contributed by atoms with van der Waals surface area (Å²) < 4.78 is 5.57. The molecule has 1 aliphatic rings. The highest BCUT2D eigenvalue weighted by atomic mass is 16.5. The minimum Gasteiger partial charge on any atom is -0.395 e. The SMILES string of the molecule is CO[C@@H](CN(CCO)C1CC1)c1ccccc1.